The molecule has 0 radical (unpaired) electrons. The van der Waals surface area contributed by atoms with Gasteiger partial charge in [0.1, 0.15) is 5.75 Å². The van der Waals surface area contributed by atoms with Crippen molar-refractivity contribution in [3.8, 4) is 5.75 Å². The third-order valence-corrected chi connectivity index (χ3v) is 3.27. The number of carbonyl (C=O) groups is 1. The molecule has 1 aromatic heterocycles. The molecule has 0 aliphatic carbocycles. The normalized spacial score (nSPS) is 10.4. The predicted octanol–water partition coefficient (Wildman–Crippen LogP) is 2.09. The van der Waals surface area contributed by atoms with Crippen LogP contribution in [0.25, 0.3) is 0 Å². The SMILES string of the molecule is Cc1ccccc1N(CCCN)C(=O)c1ccncc1O. The van der Waals surface area contributed by atoms with Crippen LogP contribution in [0.1, 0.15) is 22.3 Å². The minimum Gasteiger partial charge on any atom is -0.505 e. The summed E-state index contributed by atoms with van der Waals surface area (Å²) in [5.41, 5.74) is 7.63. The van der Waals surface area contributed by atoms with Crippen LogP contribution in [0, 0.1) is 6.92 Å². The summed E-state index contributed by atoms with van der Waals surface area (Å²) in [5.74, 6) is -0.369. The van der Waals surface area contributed by atoms with Gasteiger partial charge in [-0.25, -0.2) is 0 Å². The number of para-hydroxylation sites is 1. The largest absolute Gasteiger partial charge is 0.505 e. The van der Waals surface area contributed by atoms with Gasteiger partial charge in [0.25, 0.3) is 5.91 Å². The molecule has 21 heavy (non-hydrogen) atoms. The Balaban J connectivity index is 2.39. The van der Waals surface area contributed by atoms with Crippen molar-refractivity contribution in [1.29, 1.82) is 0 Å². The highest BCUT2D eigenvalue weighted by atomic mass is 16.3. The first-order valence-electron chi connectivity index (χ1n) is 6.85. The number of nitrogens with two attached hydrogens (primary N) is 1. The van der Waals surface area contributed by atoms with Crippen molar-refractivity contribution in [3.63, 3.8) is 0 Å². The Hall–Kier alpha value is -2.40. The molecule has 0 aliphatic rings. The first kappa shape index (κ1) is 15.0. The summed E-state index contributed by atoms with van der Waals surface area (Å²) in [6.07, 6.45) is 3.45. The fourth-order valence-corrected chi connectivity index (χ4v) is 2.16. The van der Waals surface area contributed by atoms with Crippen LogP contribution in [0.5, 0.6) is 5.75 Å². The Labute approximate surface area is 124 Å². The van der Waals surface area contributed by atoms with Crippen LogP contribution in [-0.2, 0) is 0 Å². The minimum atomic E-state index is -0.252. The molecule has 3 N–H and O–H groups in total. The molecular formula is C16H19N3O2. The number of nitrogens with zero attached hydrogens (tertiary/aromatic N) is 2. The molecule has 1 amide bonds. The van der Waals surface area contributed by atoms with E-state index in [2.05, 4.69) is 4.98 Å². The van der Waals surface area contributed by atoms with E-state index in [0.29, 0.717) is 19.5 Å². The molecule has 0 spiro atoms. The molecule has 5 heteroatoms. The summed E-state index contributed by atoms with van der Waals surface area (Å²) in [7, 11) is 0. The summed E-state index contributed by atoms with van der Waals surface area (Å²) >= 11 is 0. The van der Waals surface area contributed by atoms with Crippen molar-refractivity contribution in [2.24, 2.45) is 5.73 Å². The number of amides is 1. The molecule has 1 aromatic carbocycles. The van der Waals surface area contributed by atoms with Gasteiger partial charge in [0.2, 0.25) is 0 Å². The maximum absolute atomic E-state index is 12.7. The quantitative estimate of drug-likeness (QED) is 0.881. The van der Waals surface area contributed by atoms with E-state index in [9.17, 15) is 9.90 Å². The zero-order valence-corrected chi connectivity index (χ0v) is 12.0. The van der Waals surface area contributed by atoms with Crippen LogP contribution in [0.3, 0.4) is 0 Å². The summed E-state index contributed by atoms with van der Waals surface area (Å²) in [6, 6.07) is 9.17. The van der Waals surface area contributed by atoms with E-state index >= 15 is 0 Å². The third kappa shape index (κ3) is 3.38. The van der Waals surface area contributed by atoms with Crippen molar-refractivity contribution < 1.29 is 9.90 Å². The lowest BCUT2D eigenvalue weighted by Gasteiger charge is -2.24. The molecule has 0 aliphatic heterocycles. The predicted molar refractivity (Wildman–Crippen MR) is 82.4 cm³/mol. The van der Waals surface area contributed by atoms with Gasteiger partial charge in [-0.05, 0) is 37.6 Å². The molecule has 0 atom stereocenters. The number of carbonyl (C=O) groups excluding carboxylic acids is 1. The molecular weight excluding hydrogens is 266 g/mol. The zero-order valence-electron chi connectivity index (χ0n) is 12.0. The average molecular weight is 285 g/mol. The second kappa shape index (κ2) is 6.85. The van der Waals surface area contributed by atoms with Gasteiger partial charge >= 0.3 is 0 Å². The van der Waals surface area contributed by atoms with E-state index in [4.69, 9.17) is 5.73 Å². The van der Waals surface area contributed by atoms with Crippen molar-refractivity contribution in [2.75, 3.05) is 18.0 Å². The van der Waals surface area contributed by atoms with Gasteiger partial charge in [0, 0.05) is 18.4 Å². The summed E-state index contributed by atoms with van der Waals surface area (Å²) in [6.45, 7) is 2.95. The van der Waals surface area contributed by atoms with Crippen molar-refractivity contribution >= 4 is 11.6 Å². The first-order chi connectivity index (χ1) is 10.1. The smallest absolute Gasteiger partial charge is 0.262 e. The minimum absolute atomic E-state index is 0.117. The van der Waals surface area contributed by atoms with E-state index in [1.165, 1.54) is 18.5 Å². The summed E-state index contributed by atoms with van der Waals surface area (Å²) in [4.78, 5) is 18.2. The van der Waals surface area contributed by atoms with Gasteiger partial charge in [0.15, 0.2) is 0 Å². The lowest BCUT2D eigenvalue weighted by atomic mass is 10.1. The van der Waals surface area contributed by atoms with Crippen LogP contribution in [0.4, 0.5) is 5.69 Å². The number of hydrogen-bond donors (Lipinski definition) is 2. The lowest BCUT2D eigenvalue weighted by molar-refractivity contribution is 0.0984. The van der Waals surface area contributed by atoms with Gasteiger partial charge in [-0.3, -0.25) is 9.78 Å². The van der Waals surface area contributed by atoms with E-state index < -0.39 is 0 Å². The molecule has 0 saturated heterocycles. The monoisotopic (exact) mass is 285 g/mol. The van der Waals surface area contributed by atoms with E-state index in [1.807, 2.05) is 31.2 Å². The van der Waals surface area contributed by atoms with Crippen molar-refractivity contribution in [1.82, 2.24) is 4.98 Å². The van der Waals surface area contributed by atoms with Gasteiger partial charge < -0.3 is 15.7 Å². The zero-order chi connectivity index (χ0) is 15.2. The number of benzene rings is 1. The van der Waals surface area contributed by atoms with Crippen molar-refractivity contribution in [3.05, 3.63) is 53.9 Å². The molecule has 1 heterocycles. The van der Waals surface area contributed by atoms with Gasteiger partial charge in [-0.1, -0.05) is 18.2 Å². The summed E-state index contributed by atoms with van der Waals surface area (Å²) in [5, 5.41) is 9.84. The van der Waals surface area contributed by atoms with Crippen LogP contribution < -0.4 is 10.6 Å². The number of aryl methyl sites for hydroxylation is 1. The molecule has 110 valence electrons. The fraction of sp³-hybridized carbons (Fsp3) is 0.250. The van der Waals surface area contributed by atoms with Crippen molar-refractivity contribution in [2.45, 2.75) is 13.3 Å². The second-order valence-corrected chi connectivity index (χ2v) is 4.78. The Bertz CT molecular complexity index is 628. The number of anilines is 1. The highest BCUT2D eigenvalue weighted by Gasteiger charge is 2.21. The maximum atomic E-state index is 12.7. The lowest BCUT2D eigenvalue weighted by Crippen LogP contribution is -2.33. The molecule has 5 nitrogen and oxygen atoms in total. The van der Waals surface area contributed by atoms with Crippen LogP contribution in [0.2, 0.25) is 0 Å². The topological polar surface area (TPSA) is 79.5 Å². The highest BCUT2D eigenvalue weighted by molar-refractivity contribution is 6.08. The number of aromatic hydroxyl groups is 1. The molecule has 0 unspecified atom stereocenters. The summed E-state index contributed by atoms with van der Waals surface area (Å²) < 4.78 is 0. The molecule has 0 saturated carbocycles. The van der Waals surface area contributed by atoms with E-state index in [0.717, 1.165) is 11.3 Å². The molecule has 2 aromatic rings. The van der Waals surface area contributed by atoms with Crippen LogP contribution in [-0.4, -0.2) is 29.1 Å². The maximum Gasteiger partial charge on any atom is 0.262 e. The van der Waals surface area contributed by atoms with Crippen LogP contribution >= 0.6 is 0 Å². The Morgan fingerprint density at radius 1 is 1.33 bits per heavy atom. The Morgan fingerprint density at radius 2 is 2.10 bits per heavy atom. The Kier molecular flexibility index (Phi) is 4.90. The van der Waals surface area contributed by atoms with E-state index in [1.54, 1.807) is 4.90 Å². The second-order valence-electron chi connectivity index (χ2n) is 4.78. The van der Waals surface area contributed by atoms with E-state index in [-0.39, 0.29) is 17.2 Å². The Morgan fingerprint density at radius 3 is 2.76 bits per heavy atom. The van der Waals surface area contributed by atoms with Gasteiger partial charge in [0.05, 0.1) is 11.8 Å². The van der Waals surface area contributed by atoms with Crippen LogP contribution in [0.15, 0.2) is 42.7 Å². The fourth-order valence-electron chi connectivity index (χ4n) is 2.16. The standard InChI is InChI=1S/C16H19N3O2/c1-12-5-2-3-6-14(12)19(10-4-8-17)16(21)13-7-9-18-11-15(13)20/h2-3,5-7,9,11,20H,4,8,10,17H2,1H3. The average Bonchev–Trinajstić information content (AvgIpc) is 2.49. The van der Waals surface area contributed by atoms with Gasteiger partial charge in [-0.15, -0.1) is 0 Å². The third-order valence-electron chi connectivity index (χ3n) is 3.27. The number of rotatable bonds is 5. The molecule has 0 bridgehead atoms. The number of pyridine rings is 1. The highest BCUT2D eigenvalue weighted by Crippen LogP contribution is 2.24. The first-order valence-corrected chi connectivity index (χ1v) is 6.85. The molecule has 2 rings (SSSR count). The number of aromatic nitrogens is 1. The number of hydrogen-bond acceptors (Lipinski definition) is 4. The van der Waals surface area contributed by atoms with Gasteiger partial charge in [-0.2, -0.15) is 0 Å². The molecule has 0 fully saturated rings.